The molecule has 0 aromatic heterocycles. The van der Waals surface area contributed by atoms with Gasteiger partial charge in [0, 0.05) is 35.4 Å². The monoisotopic (exact) mass is 448 g/mol. The highest BCUT2D eigenvalue weighted by molar-refractivity contribution is 6.28. The summed E-state index contributed by atoms with van der Waals surface area (Å²) in [5, 5.41) is 61.6. The van der Waals surface area contributed by atoms with Crippen LogP contribution in [0.4, 0.5) is 11.4 Å². The van der Waals surface area contributed by atoms with Crippen molar-refractivity contribution in [3.8, 4) is 0 Å². The van der Waals surface area contributed by atoms with E-state index in [2.05, 4.69) is 0 Å². The van der Waals surface area contributed by atoms with Gasteiger partial charge in [0.2, 0.25) is 11.6 Å². The van der Waals surface area contributed by atoms with Gasteiger partial charge in [-0.05, 0) is 24.3 Å². The van der Waals surface area contributed by atoms with E-state index in [1.165, 1.54) is 0 Å². The fourth-order valence-corrected chi connectivity index (χ4v) is 2.72. The molecule has 0 saturated carbocycles. The number of carboxylic acids is 2. The fourth-order valence-electron chi connectivity index (χ4n) is 2.72. The van der Waals surface area contributed by atoms with Crippen molar-refractivity contribution in [2.75, 3.05) is 0 Å². The Labute approximate surface area is 176 Å². The molecular formula is C18H12N2O12. The summed E-state index contributed by atoms with van der Waals surface area (Å²) < 4.78 is 0. The zero-order valence-corrected chi connectivity index (χ0v) is 15.6. The smallest absolute Gasteiger partial charge is 0.348 e. The maximum absolute atomic E-state index is 12.8. The molecule has 0 radical (unpaired) electrons. The quantitative estimate of drug-likeness (QED) is 0.174. The minimum atomic E-state index is -4.28. The van der Waals surface area contributed by atoms with E-state index >= 15 is 0 Å². The highest BCUT2D eigenvalue weighted by Gasteiger charge is 2.69. The van der Waals surface area contributed by atoms with Crippen molar-refractivity contribution in [2.45, 2.75) is 11.2 Å². The molecule has 0 saturated heterocycles. The molecule has 0 spiro atoms. The Hall–Kier alpha value is -4.56. The lowest BCUT2D eigenvalue weighted by molar-refractivity contribution is -0.385. The standard InChI is InChI=1S/C18H12N2O12/c21-13(9-1-5-11(6-2-9)19(29)30)17(27,15(23)24)18(28,16(25)26)14(22)10-3-7-12(8-4-10)20(31)32/h1-8,27-28H,(H,23,24)(H,25,26). The lowest BCUT2D eigenvalue weighted by Gasteiger charge is -2.34. The van der Waals surface area contributed by atoms with Crippen molar-refractivity contribution in [2.24, 2.45) is 0 Å². The van der Waals surface area contributed by atoms with Crippen LogP contribution in [0.1, 0.15) is 20.7 Å². The molecule has 0 heterocycles. The van der Waals surface area contributed by atoms with Gasteiger partial charge < -0.3 is 20.4 Å². The second kappa shape index (κ2) is 8.29. The van der Waals surface area contributed by atoms with Gasteiger partial charge in [-0.3, -0.25) is 29.8 Å². The molecule has 2 atom stereocenters. The van der Waals surface area contributed by atoms with E-state index in [4.69, 9.17) is 0 Å². The molecule has 2 aromatic rings. The average Bonchev–Trinajstić information content (AvgIpc) is 2.76. The van der Waals surface area contributed by atoms with Crippen LogP contribution in [0.5, 0.6) is 0 Å². The van der Waals surface area contributed by atoms with Crippen LogP contribution in [0.3, 0.4) is 0 Å². The van der Waals surface area contributed by atoms with Gasteiger partial charge in [-0.15, -0.1) is 0 Å². The van der Waals surface area contributed by atoms with Gasteiger partial charge in [0.15, 0.2) is 0 Å². The molecule has 2 rings (SSSR count). The van der Waals surface area contributed by atoms with Gasteiger partial charge in [0.25, 0.3) is 22.6 Å². The van der Waals surface area contributed by atoms with Gasteiger partial charge in [-0.25, -0.2) is 9.59 Å². The third-order valence-electron chi connectivity index (χ3n) is 4.48. The van der Waals surface area contributed by atoms with E-state index in [9.17, 15) is 59.8 Å². The number of Topliss-reactive ketones (excluding diaryl/α,β-unsaturated/α-hetero) is 2. The Morgan fingerprint density at radius 2 is 0.875 bits per heavy atom. The highest BCUT2D eigenvalue weighted by atomic mass is 16.6. The summed E-state index contributed by atoms with van der Waals surface area (Å²) in [6.45, 7) is 0. The van der Waals surface area contributed by atoms with Crippen LogP contribution in [0, 0.1) is 20.2 Å². The highest BCUT2D eigenvalue weighted by Crippen LogP contribution is 2.32. The number of nitro benzene ring substituents is 2. The number of aliphatic carboxylic acids is 2. The van der Waals surface area contributed by atoms with Crippen molar-refractivity contribution in [1.82, 2.24) is 0 Å². The number of hydrogen-bond donors (Lipinski definition) is 4. The number of nitrogens with zero attached hydrogens (tertiary/aromatic N) is 2. The molecule has 166 valence electrons. The topological polar surface area (TPSA) is 235 Å². The Bertz CT molecular complexity index is 1050. The average molecular weight is 448 g/mol. The molecule has 0 aliphatic rings. The Morgan fingerprint density at radius 1 is 0.625 bits per heavy atom. The molecule has 0 aliphatic carbocycles. The maximum Gasteiger partial charge on any atom is 0.348 e. The van der Waals surface area contributed by atoms with Crippen LogP contribution >= 0.6 is 0 Å². The predicted molar refractivity (Wildman–Crippen MR) is 100 cm³/mol. The number of aliphatic hydroxyl groups is 2. The minimum Gasteiger partial charge on any atom is -0.479 e. The number of rotatable bonds is 9. The van der Waals surface area contributed by atoms with Gasteiger partial charge in [-0.1, -0.05) is 0 Å². The van der Waals surface area contributed by atoms with Crippen LogP contribution in [0.25, 0.3) is 0 Å². The summed E-state index contributed by atoms with van der Waals surface area (Å²) in [6.07, 6.45) is 0. The molecule has 32 heavy (non-hydrogen) atoms. The number of ketones is 2. The molecule has 14 nitrogen and oxygen atoms in total. The normalized spacial score (nSPS) is 14.4. The number of carbonyl (C=O) groups excluding carboxylic acids is 2. The van der Waals surface area contributed by atoms with E-state index in [1.807, 2.05) is 0 Å². The summed E-state index contributed by atoms with van der Waals surface area (Å²) in [6, 6.07) is 5.72. The van der Waals surface area contributed by atoms with Crippen molar-refractivity contribution >= 4 is 34.9 Å². The second-order valence-electron chi connectivity index (χ2n) is 6.30. The first-order valence-electron chi connectivity index (χ1n) is 8.28. The van der Waals surface area contributed by atoms with Crippen molar-refractivity contribution in [1.29, 1.82) is 0 Å². The SMILES string of the molecule is O=C(O)C(O)(C(=O)c1ccc([N+](=O)[O-])cc1)C(O)(C(=O)O)C(=O)c1ccc([N+](=O)[O-])cc1. The molecule has 0 amide bonds. The van der Waals surface area contributed by atoms with Crippen LogP contribution < -0.4 is 0 Å². The van der Waals surface area contributed by atoms with Crippen LogP contribution in [-0.4, -0.2) is 65.0 Å². The first-order chi connectivity index (χ1) is 14.8. The van der Waals surface area contributed by atoms with Gasteiger partial charge in [-0.2, -0.15) is 0 Å². The molecular weight excluding hydrogens is 436 g/mol. The molecule has 0 fully saturated rings. The first-order valence-corrected chi connectivity index (χ1v) is 8.28. The van der Waals surface area contributed by atoms with E-state index < -0.39 is 67.1 Å². The molecule has 4 N–H and O–H groups in total. The summed E-state index contributed by atoms with van der Waals surface area (Å²) in [4.78, 5) is 68.8. The summed E-state index contributed by atoms with van der Waals surface area (Å²) in [5.74, 6) is -9.14. The van der Waals surface area contributed by atoms with Crippen molar-refractivity contribution in [3.05, 3.63) is 79.9 Å². The Morgan fingerprint density at radius 3 is 1.06 bits per heavy atom. The Balaban J connectivity index is 2.65. The van der Waals surface area contributed by atoms with Crippen molar-refractivity contribution in [3.63, 3.8) is 0 Å². The van der Waals surface area contributed by atoms with Crippen LogP contribution in [0.2, 0.25) is 0 Å². The van der Waals surface area contributed by atoms with E-state index in [1.54, 1.807) is 0 Å². The number of carboxylic acid groups (broad SMARTS) is 2. The lowest BCUT2D eigenvalue weighted by atomic mass is 9.73. The number of non-ortho nitro benzene ring substituents is 2. The largest absolute Gasteiger partial charge is 0.479 e. The summed E-state index contributed by atoms with van der Waals surface area (Å²) >= 11 is 0. The molecule has 0 bridgehead atoms. The zero-order chi connectivity index (χ0) is 24.4. The second-order valence-corrected chi connectivity index (χ2v) is 6.30. The predicted octanol–water partition coefficient (Wildman–Crippen LogP) is 0.200. The molecule has 0 aliphatic heterocycles. The van der Waals surface area contributed by atoms with Gasteiger partial charge in [0.05, 0.1) is 9.85 Å². The van der Waals surface area contributed by atoms with Crippen LogP contribution in [0.15, 0.2) is 48.5 Å². The van der Waals surface area contributed by atoms with E-state index in [-0.39, 0.29) is 0 Å². The van der Waals surface area contributed by atoms with Crippen molar-refractivity contribution < 1.29 is 49.5 Å². The van der Waals surface area contributed by atoms with E-state index in [0.29, 0.717) is 24.3 Å². The van der Waals surface area contributed by atoms with E-state index in [0.717, 1.165) is 24.3 Å². The third kappa shape index (κ3) is 3.66. The summed E-state index contributed by atoms with van der Waals surface area (Å²) in [7, 11) is 0. The third-order valence-corrected chi connectivity index (χ3v) is 4.48. The maximum atomic E-state index is 12.8. The number of hydrogen-bond acceptors (Lipinski definition) is 10. The fraction of sp³-hybridized carbons (Fsp3) is 0.111. The Kier molecular flexibility index (Phi) is 6.14. The first kappa shape index (κ1) is 23.7. The van der Waals surface area contributed by atoms with Crippen LogP contribution in [-0.2, 0) is 9.59 Å². The molecule has 2 unspecified atom stereocenters. The molecule has 14 heteroatoms. The zero-order valence-electron chi connectivity index (χ0n) is 15.6. The number of benzene rings is 2. The van der Waals surface area contributed by atoms with Gasteiger partial charge in [0.1, 0.15) is 0 Å². The van der Waals surface area contributed by atoms with Gasteiger partial charge >= 0.3 is 11.9 Å². The summed E-state index contributed by atoms with van der Waals surface area (Å²) in [5.41, 5.74) is -11.2. The number of carbonyl (C=O) groups is 4. The molecule has 2 aromatic carbocycles. The number of nitro groups is 2. The lowest BCUT2D eigenvalue weighted by Crippen LogP contribution is -2.71. The minimum absolute atomic E-state index is 0.532.